The zero-order valence-corrected chi connectivity index (χ0v) is 13.9. The van der Waals surface area contributed by atoms with Gasteiger partial charge < -0.3 is 10.6 Å². The van der Waals surface area contributed by atoms with Gasteiger partial charge in [0.15, 0.2) is 0 Å². The molecule has 1 heterocycles. The fourth-order valence-corrected chi connectivity index (χ4v) is 2.71. The molecule has 0 radical (unpaired) electrons. The molecule has 5 nitrogen and oxygen atoms in total. The summed E-state index contributed by atoms with van der Waals surface area (Å²) < 4.78 is 0. The van der Waals surface area contributed by atoms with E-state index in [4.69, 9.17) is 0 Å². The minimum atomic E-state index is -0.143. The van der Waals surface area contributed by atoms with Crippen LogP contribution < -0.4 is 10.6 Å². The summed E-state index contributed by atoms with van der Waals surface area (Å²) in [6.07, 6.45) is 1.53. The molecule has 0 unspecified atom stereocenters. The molecule has 0 bridgehead atoms. The van der Waals surface area contributed by atoms with Crippen molar-refractivity contribution in [2.24, 2.45) is 0 Å². The van der Waals surface area contributed by atoms with Crippen molar-refractivity contribution >= 4 is 34.0 Å². The Kier molecular flexibility index (Phi) is 4.26. The maximum atomic E-state index is 12.3. The van der Waals surface area contributed by atoms with Crippen LogP contribution in [0, 0.1) is 0 Å². The Morgan fingerprint density at radius 2 is 1.54 bits per heavy atom. The molecule has 0 aliphatic rings. The molecule has 4 rings (SSSR count). The summed E-state index contributed by atoms with van der Waals surface area (Å²) >= 11 is 0. The fraction of sp³-hybridized carbons (Fsp3) is 0. The molecule has 4 aromatic rings. The molecule has 26 heavy (non-hydrogen) atoms. The number of benzene rings is 3. The molecule has 0 aliphatic heterocycles. The molecule has 0 atom stereocenters. The molecule has 5 heteroatoms. The standard InChI is InChI=1S/C21H16N4O/c26-21(15-7-2-1-3-8-15)25-17-10-6-9-16(13-17)24-20-18-11-4-5-12-19(18)22-14-23-20/h1-14H,(H,25,26)(H,22,23,24). The number of nitrogens with zero attached hydrogens (tertiary/aromatic N) is 2. The number of amides is 1. The third-order valence-corrected chi connectivity index (χ3v) is 3.96. The first-order chi connectivity index (χ1) is 12.8. The lowest BCUT2D eigenvalue weighted by Gasteiger charge is -2.10. The molecule has 0 spiro atoms. The summed E-state index contributed by atoms with van der Waals surface area (Å²) in [6, 6.07) is 24.5. The predicted molar refractivity (Wildman–Crippen MR) is 104 cm³/mol. The molecule has 126 valence electrons. The largest absolute Gasteiger partial charge is 0.340 e. The second-order valence-electron chi connectivity index (χ2n) is 5.77. The Hall–Kier alpha value is -3.73. The highest BCUT2D eigenvalue weighted by molar-refractivity contribution is 6.04. The van der Waals surface area contributed by atoms with Gasteiger partial charge in [-0.2, -0.15) is 0 Å². The zero-order valence-electron chi connectivity index (χ0n) is 13.9. The summed E-state index contributed by atoms with van der Waals surface area (Å²) in [5.41, 5.74) is 3.04. The molecule has 2 N–H and O–H groups in total. The molecule has 1 amide bonds. The first-order valence-corrected chi connectivity index (χ1v) is 8.23. The molecular weight excluding hydrogens is 324 g/mol. The highest BCUT2D eigenvalue weighted by atomic mass is 16.1. The van der Waals surface area contributed by atoms with Crippen molar-refractivity contribution < 1.29 is 4.79 Å². The summed E-state index contributed by atoms with van der Waals surface area (Å²) in [6.45, 7) is 0. The third kappa shape index (κ3) is 3.37. The predicted octanol–water partition coefficient (Wildman–Crippen LogP) is 4.63. The second-order valence-corrected chi connectivity index (χ2v) is 5.77. The van der Waals surface area contributed by atoms with Crippen molar-refractivity contribution in [2.75, 3.05) is 10.6 Å². The number of aromatic nitrogens is 2. The first kappa shape index (κ1) is 15.8. The van der Waals surface area contributed by atoms with Crippen LogP contribution in [0.5, 0.6) is 0 Å². The van der Waals surface area contributed by atoms with Gasteiger partial charge in [-0.3, -0.25) is 4.79 Å². The highest BCUT2D eigenvalue weighted by Gasteiger charge is 2.07. The van der Waals surface area contributed by atoms with Crippen LogP contribution >= 0.6 is 0 Å². The maximum Gasteiger partial charge on any atom is 0.255 e. The van der Waals surface area contributed by atoms with E-state index in [0.717, 1.165) is 22.4 Å². The van der Waals surface area contributed by atoms with E-state index in [-0.39, 0.29) is 5.91 Å². The number of carbonyl (C=O) groups is 1. The van der Waals surface area contributed by atoms with Crippen molar-refractivity contribution in [2.45, 2.75) is 0 Å². The Balaban J connectivity index is 1.57. The van der Waals surface area contributed by atoms with Crippen LogP contribution in [0.15, 0.2) is 85.2 Å². The summed E-state index contributed by atoms with van der Waals surface area (Å²) in [5, 5.41) is 7.15. The van der Waals surface area contributed by atoms with Gasteiger partial charge in [-0.25, -0.2) is 9.97 Å². The number of carbonyl (C=O) groups excluding carboxylic acids is 1. The lowest BCUT2D eigenvalue weighted by atomic mass is 10.2. The topological polar surface area (TPSA) is 66.9 Å². The van der Waals surface area contributed by atoms with Gasteiger partial charge in [0.05, 0.1) is 5.52 Å². The number of anilines is 3. The number of hydrogen-bond acceptors (Lipinski definition) is 4. The minimum Gasteiger partial charge on any atom is -0.340 e. The highest BCUT2D eigenvalue weighted by Crippen LogP contribution is 2.24. The van der Waals surface area contributed by atoms with Crippen LogP contribution in [0.4, 0.5) is 17.2 Å². The van der Waals surface area contributed by atoms with Crippen molar-refractivity contribution in [3.8, 4) is 0 Å². The molecular formula is C21H16N4O. The molecule has 0 saturated carbocycles. The number of fused-ring (bicyclic) bond motifs is 1. The van der Waals surface area contributed by atoms with Gasteiger partial charge in [-0.1, -0.05) is 36.4 Å². The van der Waals surface area contributed by atoms with Gasteiger partial charge in [0.2, 0.25) is 0 Å². The summed E-state index contributed by atoms with van der Waals surface area (Å²) in [5.74, 6) is 0.581. The zero-order chi connectivity index (χ0) is 17.8. The van der Waals surface area contributed by atoms with Crippen LogP contribution in [0.3, 0.4) is 0 Å². The van der Waals surface area contributed by atoms with Crippen LogP contribution in [0.2, 0.25) is 0 Å². The molecule has 0 aliphatic carbocycles. The van der Waals surface area contributed by atoms with E-state index in [1.165, 1.54) is 6.33 Å². The van der Waals surface area contributed by atoms with Gasteiger partial charge >= 0.3 is 0 Å². The van der Waals surface area contributed by atoms with Gasteiger partial charge in [0.25, 0.3) is 5.91 Å². The van der Waals surface area contributed by atoms with Crippen molar-refractivity contribution in [1.82, 2.24) is 9.97 Å². The quantitative estimate of drug-likeness (QED) is 0.568. The fourth-order valence-electron chi connectivity index (χ4n) is 2.71. The lowest BCUT2D eigenvalue weighted by molar-refractivity contribution is 0.102. The maximum absolute atomic E-state index is 12.3. The van der Waals surface area contributed by atoms with Crippen LogP contribution in [-0.2, 0) is 0 Å². The van der Waals surface area contributed by atoms with Gasteiger partial charge in [0.1, 0.15) is 12.1 Å². The number of hydrogen-bond donors (Lipinski definition) is 2. The Labute approximate surface area is 150 Å². The van der Waals surface area contributed by atoms with Crippen molar-refractivity contribution in [3.05, 3.63) is 90.8 Å². The number of nitrogens with one attached hydrogen (secondary N) is 2. The van der Waals surface area contributed by atoms with E-state index < -0.39 is 0 Å². The smallest absolute Gasteiger partial charge is 0.255 e. The van der Waals surface area contributed by atoms with E-state index in [2.05, 4.69) is 20.6 Å². The molecule has 1 aromatic heterocycles. The Morgan fingerprint density at radius 1 is 0.769 bits per heavy atom. The first-order valence-electron chi connectivity index (χ1n) is 8.23. The summed E-state index contributed by atoms with van der Waals surface area (Å²) in [7, 11) is 0. The minimum absolute atomic E-state index is 0.143. The Morgan fingerprint density at radius 3 is 2.42 bits per heavy atom. The normalized spacial score (nSPS) is 10.5. The Bertz CT molecular complexity index is 1060. The van der Waals surface area contributed by atoms with E-state index in [1.807, 2.05) is 66.7 Å². The van der Waals surface area contributed by atoms with Gasteiger partial charge in [-0.15, -0.1) is 0 Å². The number of rotatable bonds is 4. The van der Waals surface area contributed by atoms with E-state index in [0.29, 0.717) is 11.3 Å². The average Bonchev–Trinajstić information content (AvgIpc) is 2.69. The van der Waals surface area contributed by atoms with Crippen molar-refractivity contribution in [1.29, 1.82) is 0 Å². The van der Waals surface area contributed by atoms with E-state index >= 15 is 0 Å². The average molecular weight is 340 g/mol. The van der Waals surface area contributed by atoms with Crippen LogP contribution in [-0.4, -0.2) is 15.9 Å². The van der Waals surface area contributed by atoms with Crippen LogP contribution in [0.25, 0.3) is 10.9 Å². The van der Waals surface area contributed by atoms with Gasteiger partial charge in [-0.05, 0) is 42.5 Å². The van der Waals surface area contributed by atoms with Crippen molar-refractivity contribution in [3.63, 3.8) is 0 Å². The molecule has 0 saturated heterocycles. The second kappa shape index (κ2) is 7.03. The van der Waals surface area contributed by atoms with E-state index in [1.54, 1.807) is 12.1 Å². The summed E-state index contributed by atoms with van der Waals surface area (Å²) in [4.78, 5) is 20.9. The number of para-hydroxylation sites is 1. The van der Waals surface area contributed by atoms with E-state index in [9.17, 15) is 4.79 Å². The van der Waals surface area contributed by atoms with Crippen LogP contribution in [0.1, 0.15) is 10.4 Å². The molecule has 3 aromatic carbocycles. The molecule has 0 fully saturated rings. The SMILES string of the molecule is O=C(Nc1cccc(Nc2ncnc3ccccc23)c1)c1ccccc1. The van der Waals surface area contributed by atoms with Gasteiger partial charge in [0, 0.05) is 22.3 Å². The monoisotopic (exact) mass is 340 g/mol. The third-order valence-electron chi connectivity index (χ3n) is 3.96. The lowest BCUT2D eigenvalue weighted by Crippen LogP contribution is -2.11.